The Kier molecular flexibility index (Phi) is 6.24. The molecule has 2 aromatic carbocycles. The lowest BCUT2D eigenvalue weighted by molar-refractivity contribution is 0.366. The quantitative estimate of drug-likeness (QED) is 0.415. The second-order valence-corrected chi connectivity index (χ2v) is 9.06. The predicted octanol–water partition coefficient (Wildman–Crippen LogP) is 8.06. The van der Waals surface area contributed by atoms with Crippen molar-refractivity contribution in [1.29, 1.82) is 5.26 Å². The Morgan fingerprint density at radius 2 is 1.73 bits per heavy atom. The third-order valence-electron chi connectivity index (χ3n) is 7.46. The van der Waals surface area contributed by atoms with Gasteiger partial charge in [-0.15, -0.1) is 0 Å². The Morgan fingerprint density at radius 3 is 2.40 bits per heavy atom. The van der Waals surface area contributed by atoms with Crippen LogP contribution in [-0.4, -0.2) is 0 Å². The maximum Gasteiger partial charge on any atom is 0.0659 e. The lowest BCUT2D eigenvalue weighted by Crippen LogP contribution is -2.27. The number of benzene rings is 2. The molecule has 1 nitrogen and oxygen atoms in total. The molecule has 0 saturated heterocycles. The molecule has 2 aliphatic rings. The van der Waals surface area contributed by atoms with Crippen LogP contribution in [0.1, 0.15) is 69.4 Å². The summed E-state index contributed by atoms with van der Waals surface area (Å²) in [6.45, 7) is 6.95. The molecular weight excluding hydrogens is 362 g/mol. The van der Waals surface area contributed by atoms with Gasteiger partial charge in [0.05, 0.1) is 12.0 Å². The van der Waals surface area contributed by atoms with E-state index >= 15 is 0 Å². The van der Waals surface area contributed by atoms with Gasteiger partial charge in [-0.1, -0.05) is 99.0 Å². The minimum absolute atomic E-state index is 0.108. The normalized spacial score (nSPS) is 25.2. The topological polar surface area (TPSA) is 23.8 Å². The third kappa shape index (κ3) is 3.54. The lowest BCUT2D eigenvalue weighted by atomic mass is 9.65. The van der Waals surface area contributed by atoms with Crippen molar-refractivity contribution in [2.24, 2.45) is 17.3 Å². The van der Waals surface area contributed by atoms with Gasteiger partial charge >= 0.3 is 0 Å². The highest BCUT2D eigenvalue weighted by molar-refractivity contribution is 5.90. The van der Waals surface area contributed by atoms with Crippen LogP contribution in [0.4, 0.5) is 0 Å². The molecule has 3 atom stereocenters. The zero-order valence-electron chi connectivity index (χ0n) is 18.2. The Labute approximate surface area is 182 Å². The molecule has 0 aliphatic heterocycles. The maximum atomic E-state index is 9.97. The van der Waals surface area contributed by atoms with Gasteiger partial charge in [-0.3, -0.25) is 0 Å². The standard InChI is InChI=1S/C29H33N/c1-3-4-5-8-17-25-20-27-26(21-30)18-19-29(27,22(2)23-13-9-6-10-14-23)28(25)24-15-11-7-12-16-24/h6-7,9-16,26-27H,2-5,8,17-20H2,1H3. The minimum atomic E-state index is -0.108. The van der Waals surface area contributed by atoms with Crippen LogP contribution in [0.2, 0.25) is 0 Å². The summed E-state index contributed by atoms with van der Waals surface area (Å²) in [5.74, 6) is 0.476. The van der Waals surface area contributed by atoms with Gasteiger partial charge in [0.15, 0.2) is 0 Å². The van der Waals surface area contributed by atoms with Crippen molar-refractivity contribution in [2.75, 3.05) is 0 Å². The molecule has 1 saturated carbocycles. The average molecular weight is 396 g/mol. The van der Waals surface area contributed by atoms with Crippen LogP contribution >= 0.6 is 0 Å². The summed E-state index contributed by atoms with van der Waals surface area (Å²) in [5.41, 5.74) is 6.75. The molecule has 0 heterocycles. The second-order valence-electron chi connectivity index (χ2n) is 9.06. The SMILES string of the molecule is C=C(c1ccccc1)C12CCC(C#N)C1CC(CCCCCC)=C2c1ccccc1. The molecule has 2 aliphatic carbocycles. The molecule has 3 unspecified atom stereocenters. The van der Waals surface area contributed by atoms with Gasteiger partial charge in [-0.2, -0.15) is 5.26 Å². The van der Waals surface area contributed by atoms with Crippen LogP contribution in [0.3, 0.4) is 0 Å². The van der Waals surface area contributed by atoms with E-state index in [4.69, 9.17) is 0 Å². The van der Waals surface area contributed by atoms with Crippen LogP contribution in [0.25, 0.3) is 11.1 Å². The van der Waals surface area contributed by atoms with E-state index in [1.807, 2.05) is 0 Å². The van der Waals surface area contributed by atoms with Crippen molar-refractivity contribution in [3.05, 3.63) is 83.9 Å². The highest BCUT2D eigenvalue weighted by Gasteiger charge is 2.57. The van der Waals surface area contributed by atoms with Crippen LogP contribution in [0.15, 0.2) is 72.8 Å². The van der Waals surface area contributed by atoms with Crippen molar-refractivity contribution in [1.82, 2.24) is 0 Å². The molecule has 30 heavy (non-hydrogen) atoms. The molecule has 4 rings (SSSR count). The van der Waals surface area contributed by atoms with E-state index in [-0.39, 0.29) is 11.3 Å². The van der Waals surface area contributed by atoms with Crippen molar-refractivity contribution in [3.8, 4) is 6.07 Å². The zero-order valence-corrected chi connectivity index (χ0v) is 18.2. The van der Waals surface area contributed by atoms with E-state index < -0.39 is 0 Å². The summed E-state index contributed by atoms with van der Waals surface area (Å²) in [5, 5.41) is 9.97. The fraction of sp³-hybridized carbons (Fsp3) is 0.414. The molecule has 1 fully saturated rings. The van der Waals surface area contributed by atoms with E-state index in [1.54, 1.807) is 5.57 Å². The number of hydrogen-bond donors (Lipinski definition) is 0. The summed E-state index contributed by atoms with van der Waals surface area (Å²) in [4.78, 5) is 0. The number of nitrogens with zero attached hydrogens (tertiary/aromatic N) is 1. The number of nitriles is 1. The van der Waals surface area contributed by atoms with Gasteiger partial charge in [0.25, 0.3) is 0 Å². The number of hydrogen-bond acceptors (Lipinski definition) is 1. The van der Waals surface area contributed by atoms with Crippen molar-refractivity contribution in [2.45, 2.75) is 58.3 Å². The van der Waals surface area contributed by atoms with Crippen molar-refractivity contribution >= 4 is 11.1 Å². The van der Waals surface area contributed by atoms with Gasteiger partial charge in [0, 0.05) is 5.41 Å². The second kappa shape index (κ2) is 9.05. The van der Waals surface area contributed by atoms with Crippen LogP contribution in [-0.2, 0) is 0 Å². The fourth-order valence-electron chi connectivity index (χ4n) is 6.06. The Morgan fingerprint density at radius 1 is 1.03 bits per heavy atom. The van der Waals surface area contributed by atoms with E-state index in [1.165, 1.54) is 48.0 Å². The molecule has 0 spiro atoms. The van der Waals surface area contributed by atoms with E-state index in [0.717, 1.165) is 25.7 Å². The third-order valence-corrected chi connectivity index (χ3v) is 7.46. The summed E-state index contributed by atoms with van der Waals surface area (Å²) in [6.07, 6.45) is 9.33. The van der Waals surface area contributed by atoms with Crippen LogP contribution in [0, 0.1) is 28.6 Å². The summed E-state index contributed by atoms with van der Waals surface area (Å²) in [6, 6.07) is 24.3. The molecule has 0 aromatic heterocycles. The Balaban J connectivity index is 1.82. The molecule has 154 valence electrons. The highest BCUT2D eigenvalue weighted by Crippen LogP contribution is 2.67. The first-order chi connectivity index (χ1) is 14.7. The van der Waals surface area contributed by atoms with Crippen molar-refractivity contribution in [3.63, 3.8) is 0 Å². The predicted molar refractivity (Wildman–Crippen MR) is 126 cm³/mol. The number of fused-ring (bicyclic) bond motifs is 1. The molecule has 1 heteroatoms. The van der Waals surface area contributed by atoms with E-state index in [2.05, 4.69) is 80.2 Å². The van der Waals surface area contributed by atoms with Gasteiger partial charge in [0.2, 0.25) is 0 Å². The first kappa shape index (κ1) is 20.7. The molecule has 0 N–H and O–H groups in total. The largest absolute Gasteiger partial charge is 0.198 e. The smallest absolute Gasteiger partial charge is 0.0659 e. The first-order valence-corrected chi connectivity index (χ1v) is 11.6. The number of allylic oxidation sites excluding steroid dienone is 3. The summed E-state index contributed by atoms with van der Waals surface area (Å²) in [7, 11) is 0. The number of rotatable bonds is 8. The van der Waals surface area contributed by atoms with Crippen molar-refractivity contribution < 1.29 is 0 Å². The monoisotopic (exact) mass is 395 g/mol. The van der Waals surface area contributed by atoms with Crippen LogP contribution < -0.4 is 0 Å². The Hall–Kier alpha value is -2.59. The zero-order chi connectivity index (χ0) is 21.0. The molecule has 2 aromatic rings. The van der Waals surface area contributed by atoms with E-state index in [9.17, 15) is 5.26 Å². The number of unbranched alkanes of at least 4 members (excludes halogenated alkanes) is 3. The summed E-state index contributed by atoms with van der Waals surface area (Å²) >= 11 is 0. The first-order valence-electron chi connectivity index (χ1n) is 11.6. The highest BCUT2D eigenvalue weighted by atomic mass is 14.6. The molecular formula is C29H33N. The molecule has 0 bridgehead atoms. The van der Waals surface area contributed by atoms with E-state index in [0.29, 0.717) is 5.92 Å². The van der Waals surface area contributed by atoms with Gasteiger partial charge < -0.3 is 0 Å². The Bertz CT molecular complexity index is 947. The van der Waals surface area contributed by atoms with Crippen LogP contribution in [0.5, 0.6) is 0 Å². The fourth-order valence-corrected chi connectivity index (χ4v) is 6.06. The molecule has 0 amide bonds. The maximum absolute atomic E-state index is 9.97. The minimum Gasteiger partial charge on any atom is -0.198 e. The summed E-state index contributed by atoms with van der Waals surface area (Å²) < 4.78 is 0. The van der Waals surface area contributed by atoms with Gasteiger partial charge in [0.1, 0.15) is 0 Å². The molecule has 0 radical (unpaired) electrons. The lowest BCUT2D eigenvalue weighted by Gasteiger charge is -2.37. The average Bonchev–Trinajstić information content (AvgIpc) is 3.31. The van der Waals surface area contributed by atoms with Gasteiger partial charge in [-0.25, -0.2) is 0 Å². The van der Waals surface area contributed by atoms with Gasteiger partial charge in [-0.05, 0) is 60.3 Å².